The molecule has 1 N–H and O–H groups in total. The van der Waals surface area contributed by atoms with E-state index in [-0.39, 0.29) is 18.3 Å². The van der Waals surface area contributed by atoms with E-state index in [0.717, 1.165) is 16.9 Å². The summed E-state index contributed by atoms with van der Waals surface area (Å²) in [5, 5.41) is 2.87. The van der Waals surface area contributed by atoms with Gasteiger partial charge in [0.15, 0.2) is 0 Å². The zero-order chi connectivity index (χ0) is 16.7. The highest BCUT2D eigenvalue weighted by Crippen LogP contribution is 2.16. The lowest BCUT2D eigenvalue weighted by Gasteiger charge is -2.17. The summed E-state index contributed by atoms with van der Waals surface area (Å²) in [6, 6.07) is 13.9. The van der Waals surface area contributed by atoms with Crippen LogP contribution in [0.4, 0.5) is 4.39 Å². The minimum atomic E-state index is -0.267. The first-order valence-corrected chi connectivity index (χ1v) is 7.40. The third-order valence-electron chi connectivity index (χ3n) is 3.42. The van der Waals surface area contributed by atoms with Crippen LogP contribution in [0, 0.1) is 5.82 Å². The Kier molecular flexibility index (Phi) is 6.11. The van der Waals surface area contributed by atoms with Crippen LogP contribution in [0.1, 0.15) is 11.1 Å². The first kappa shape index (κ1) is 17.0. The summed E-state index contributed by atoms with van der Waals surface area (Å²) in [5.41, 5.74) is 1.76. The van der Waals surface area contributed by atoms with Gasteiger partial charge in [-0.3, -0.25) is 9.69 Å². The second-order valence-electron chi connectivity index (χ2n) is 5.39. The van der Waals surface area contributed by atoms with Gasteiger partial charge in [0.1, 0.15) is 11.6 Å². The molecule has 2 rings (SSSR count). The topological polar surface area (TPSA) is 41.6 Å². The quantitative estimate of drug-likeness (QED) is 0.854. The third kappa shape index (κ3) is 5.38. The van der Waals surface area contributed by atoms with Gasteiger partial charge in [-0.1, -0.05) is 30.3 Å². The van der Waals surface area contributed by atoms with Crippen LogP contribution in [0.2, 0.25) is 0 Å². The van der Waals surface area contributed by atoms with Crippen molar-refractivity contribution < 1.29 is 13.9 Å². The molecule has 0 bridgehead atoms. The summed E-state index contributed by atoms with van der Waals surface area (Å²) >= 11 is 0. The molecule has 0 aliphatic heterocycles. The number of methoxy groups -OCH3 is 1. The smallest absolute Gasteiger partial charge is 0.234 e. The van der Waals surface area contributed by atoms with Crippen LogP contribution in [-0.4, -0.2) is 31.5 Å². The van der Waals surface area contributed by atoms with Crippen LogP contribution in [0.3, 0.4) is 0 Å². The number of likely N-dealkylation sites (N-methyl/N-ethyl adjacent to an activating group) is 1. The lowest BCUT2D eigenvalue weighted by molar-refractivity contribution is -0.122. The molecule has 2 aromatic carbocycles. The van der Waals surface area contributed by atoms with Crippen LogP contribution < -0.4 is 10.1 Å². The molecule has 5 heteroatoms. The highest BCUT2D eigenvalue weighted by molar-refractivity contribution is 5.78. The molecule has 4 nitrogen and oxygen atoms in total. The van der Waals surface area contributed by atoms with Crippen molar-refractivity contribution in [3.63, 3.8) is 0 Å². The molecule has 0 aliphatic rings. The molecule has 0 spiro atoms. The molecule has 2 aromatic rings. The Morgan fingerprint density at radius 2 is 2.00 bits per heavy atom. The summed E-state index contributed by atoms with van der Waals surface area (Å²) in [6.07, 6.45) is 0. The molecule has 0 fully saturated rings. The number of hydrogen-bond acceptors (Lipinski definition) is 3. The second-order valence-corrected chi connectivity index (χ2v) is 5.39. The van der Waals surface area contributed by atoms with Crippen LogP contribution >= 0.6 is 0 Å². The Hall–Kier alpha value is -2.40. The molecule has 0 aromatic heterocycles. The number of rotatable bonds is 7. The number of para-hydroxylation sites is 1. The number of nitrogens with one attached hydrogen (secondary N) is 1. The molecule has 23 heavy (non-hydrogen) atoms. The molecular weight excluding hydrogens is 295 g/mol. The highest BCUT2D eigenvalue weighted by Gasteiger charge is 2.09. The third-order valence-corrected chi connectivity index (χ3v) is 3.42. The molecule has 0 atom stereocenters. The molecule has 122 valence electrons. The molecule has 0 saturated heterocycles. The Balaban J connectivity index is 1.82. The van der Waals surface area contributed by atoms with Crippen molar-refractivity contribution in [3.05, 3.63) is 65.5 Å². The van der Waals surface area contributed by atoms with Gasteiger partial charge in [-0.25, -0.2) is 4.39 Å². The van der Waals surface area contributed by atoms with E-state index in [4.69, 9.17) is 4.74 Å². The zero-order valence-electron chi connectivity index (χ0n) is 13.4. The van der Waals surface area contributed by atoms with Gasteiger partial charge in [-0.05, 0) is 30.8 Å². The first-order valence-electron chi connectivity index (χ1n) is 7.40. The van der Waals surface area contributed by atoms with Gasteiger partial charge in [0.05, 0.1) is 13.7 Å². The van der Waals surface area contributed by atoms with Crippen LogP contribution in [0.15, 0.2) is 48.5 Å². The number of carbonyl (C=O) groups excluding carboxylic acids is 1. The summed E-state index contributed by atoms with van der Waals surface area (Å²) in [5.74, 6) is 0.396. The summed E-state index contributed by atoms with van der Waals surface area (Å²) < 4.78 is 18.4. The molecule has 0 aliphatic carbocycles. The minimum absolute atomic E-state index is 0.0881. The maximum Gasteiger partial charge on any atom is 0.234 e. The SMILES string of the molecule is COc1ccccc1CNC(=O)CN(C)Cc1cccc(F)c1. The number of carbonyl (C=O) groups is 1. The average molecular weight is 316 g/mol. The number of halogens is 1. The van der Waals surface area contributed by atoms with Crippen molar-refractivity contribution in [3.8, 4) is 5.75 Å². The lowest BCUT2D eigenvalue weighted by atomic mass is 10.2. The Morgan fingerprint density at radius 1 is 1.22 bits per heavy atom. The van der Waals surface area contributed by atoms with E-state index in [2.05, 4.69) is 5.32 Å². The largest absolute Gasteiger partial charge is 0.496 e. The fourth-order valence-corrected chi connectivity index (χ4v) is 2.35. The number of benzene rings is 2. The predicted octanol–water partition coefficient (Wildman–Crippen LogP) is 2.58. The Labute approximate surface area is 135 Å². The fraction of sp³-hybridized carbons (Fsp3) is 0.278. The zero-order valence-corrected chi connectivity index (χ0v) is 13.4. The summed E-state index contributed by atoms with van der Waals surface area (Å²) in [4.78, 5) is 13.9. The van der Waals surface area contributed by atoms with Crippen LogP contribution in [-0.2, 0) is 17.9 Å². The van der Waals surface area contributed by atoms with Crippen molar-refractivity contribution in [1.82, 2.24) is 10.2 Å². The van der Waals surface area contributed by atoms with E-state index >= 15 is 0 Å². The van der Waals surface area contributed by atoms with E-state index in [1.807, 2.05) is 42.3 Å². The maximum absolute atomic E-state index is 13.2. The van der Waals surface area contributed by atoms with Gasteiger partial charge in [0, 0.05) is 18.7 Å². The number of nitrogens with zero attached hydrogens (tertiary/aromatic N) is 1. The molecule has 1 amide bonds. The highest BCUT2D eigenvalue weighted by atomic mass is 19.1. The molecule has 0 heterocycles. The number of ether oxygens (including phenoxy) is 1. The van der Waals surface area contributed by atoms with Gasteiger partial charge >= 0.3 is 0 Å². The Morgan fingerprint density at radius 3 is 2.74 bits per heavy atom. The van der Waals surface area contributed by atoms with Gasteiger partial charge in [-0.2, -0.15) is 0 Å². The number of amides is 1. The first-order chi connectivity index (χ1) is 11.1. The van der Waals surface area contributed by atoms with E-state index in [1.54, 1.807) is 13.2 Å². The molecule has 0 radical (unpaired) electrons. The van der Waals surface area contributed by atoms with Crippen LogP contribution in [0.25, 0.3) is 0 Å². The summed E-state index contributed by atoms with van der Waals surface area (Å²) in [7, 11) is 3.43. The normalized spacial score (nSPS) is 10.6. The number of hydrogen-bond donors (Lipinski definition) is 1. The van der Waals surface area contributed by atoms with E-state index in [0.29, 0.717) is 13.1 Å². The molecule has 0 saturated carbocycles. The van der Waals surface area contributed by atoms with Gasteiger partial charge in [0.2, 0.25) is 5.91 Å². The summed E-state index contributed by atoms with van der Waals surface area (Å²) in [6.45, 7) is 1.17. The average Bonchev–Trinajstić information content (AvgIpc) is 2.53. The standard InChI is InChI=1S/C18H21FN2O2/c1-21(12-14-6-5-8-16(19)10-14)13-18(22)20-11-15-7-3-4-9-17(15)23-2/h3-10H,11-13H2,1-2H3,(H,20,22). The maximum atomic E-state index is 13.2. The molecular formula is C18H21FN2O2. The van der Waals surface area contributed by atoms with Gasteiger partial charge < -0.3 is 10.1 Å². The van der Waals surface area contributed by atoms with E-state index in [9.17, 15) is 9.18 Å². The molecule has 0 unspecified atom stereocenters. The fourth-order valence-electron chi connectivity index (χ4n) is 2.35. The van der Waals surface area contributed by atoms with Crippen LogP contribution in [0.5, 0.6) is 5.75 Å². The lowest BCUT2D eigenvalue weighted by Crippen LogP contribution is -2.34. The predicted molar refractivity (Wildman–Crippen MR) is 87.6 cm³/mol. The van der Waals surface area contributed by atoms with E-state index in [1.165, 1.54) is 12.1 Å². The van der Waals surface area contributed by atoms with Crippen molar-refractivity contribution in [2.75, 3.05) is 20.7 Å². The van der Waals surface area contributed by atoms with Crippen molar-refractivity contribution >= 4 is 5.91 Å². The minimum Gasteiger partial charge on any atom is -0.496 e. The van der Waals surface area contributed by atoms with Crippen molar-refractivity contribution in [2.24, 2.45) is 0 Å². The second kappa shape index (κ2) is 8.29. The Bertz CT molecular complexity index is 661. The van der Waals surface area contributed by atoms with Crippen molar-refractivity contribution in [1.29, 1.82) is 0 Å². The van der Waals surface area contributed by atoms with Gasteiger partial charge in [-0.15, -0.1) is 0 Å². The monoisotopic (exact) mass is 316 g/mol. The van der Waals surface area contributed by atoms with Crippen molar-refractivity contribution in [2.45, 2.75) is 13.1 Å². The van der Waals surface area contributed by atoms with E-state index < -0.39 is 0 Å². The van der Waals surface area contributed by atoms with Gasteiger partial charge in [0.25, 0.3) is 0 Å².